The predicted octanol–water partition coefficient (Wildman–Crippen LogP) is 0.645. The van der Waals surface area contributed by atoms with E-state index in [0.717, 1.165) is 0 Å². The molecule has 0 aromatic carbocycles. The van der Waals surface area contributed by atoms with Gasteiger partial charge in [-0.2, -0.15) is 13.2 Å². The van der Waals surface area contributed by atoms with Gasteiger partial charge >= 0.3 is 12.1 Å². The molecule has 0 aliphatic heterocycles. The first-order valence-corrected chi connectivity index (χ1v) is 4.41. The molecule has 0 aliphatic carbocycles. The van der Waals surface area contributed by atoms with Crippen LogP contribution in [0, 0.1) is 0 Å². The number of aromatic nitrogens is 2. The molecule has 0 fully saturated rings. The smallest absolute Gasteiger partial charge is 0.475 e. The topological polar surface area (TPSA) is 98.2 Å². The Hall–Kier alpha value is -2.32. The van der Waals surface area contributed by atoms with Crippen molar-refractivity contribution in [3.05, 3.63) is 35.5 Å². The maximum absolute atomic E-state index is 11.1. The highest BCUT2D eigenvalue weighted by Gasteiger charge is 2.38. The van der Waals surface area contributed by atoms with E-state index in [4.69, 9.17) is 15.6 Å². The normalized spacial score (nSPS) is 10.2. The number of nitrogens with two attached hydrogens (primary N) is 1. The van der Waals surface area contributed by atoms with Gasteiger partial charge in [0, 0.05) is 6.54 Å². The highest BCUT2D eigenvalue weighted by atomic mass is 19.4. The SMILES string of the molecule is C=CCn1cncc(N)c1=O.O=C(O)C(F)(F)F. The van der Waals surface area contributed by atoms with Gasteiger partial charge in [0.15, 0.2) is 0 Å². The van der Waals surface area contributed by atoms with Crippen LogP contribution in [0.25, 0.3) is 0 Å². The predicted molar refractivity (Wildman–Crippen MR) is 56.8 cm³/mol. The van der Waals surface area contributed by atoms with Crippen molar-refractivity contribution in [3.8, 4) is 0 Å². The second kappa shape index (κ2) is 6.42. The number of hydrogen-bond donors (Lipinski definition) is 2. The molecule has 1 rings (SSSR count). The number of anilines is 1. The van der Waals surface area contributed by atoms with Crippen LogP contribution in [0.1, 0.15) is 0 Å². The van der Waals surface area contributed by atoms with E-state index in [0.29, 0.717) is 6.54 Å². The van der Waals surface area contributed by atoms with Gasteiger partial charge in [0.1, 0.15) is 5.69 Å². The van der Waals surface area contributed by atoms with Crippen molar-refractivity contribution in [2.45, 2.75) is 12.7 Å². The molecule has 0 bridgehead atoms. The van der Waals surface area contributed by atoms with Crippen molar-refractivity contribution in [1.29, 1.82) is 0 Å². The van der Waals surface area contributed by atoms with Crippen LogP contribution < -0.4 is 11.3 Å². The summed E-state index contributed by atoms with van der Waals surface area (Å²) in [5.41, 5.74) is 5.26. The molecule has 0 saturated heterocycles. The zero-order valence-electron chi connectivity index (χ0n) is 9.02. The van der Waals surface area contributed by atoms with Crippen molar-refractivity contribution in [3.63, 3.8) is 0 Å². The summed E-state index contributed by atoms with van der Waals surface area (Å²) in [5.74, 6) is -2.76. The van der Waals surface area contributed by atoms with E-state index < -0.39 is 12.1 Å². The zero-order chi connectivity index (χ0) is 14.3. The molecular formula is C9H10F3N3O3. The quantitative estimate of drug-likeness (QED) is 0.765. The molecule has 100 valence electrons. The van der Waals surface area contributed by atoms with Gasteiger partial charge in [-0.1, -0.05) is 6.08 Å². The van der Waals surface area contributed by atoms with Gasteiger partial charge in [-0.25, -0.2) is 9.78 Å². The number of carboxylic acids is 1. The Morgan fingerprint density at radius 2 is 2.11 bits per heavy atom. The summed E-state index contributed by atoms with van der Waals surface area (Å²) >= 11 is 0. The lowest BCUT2D eigenvalue weighted by molar-refractivity contribution is -0.192. The first-order chi connectivity index (χ1) is 8.20. The minimum atomic E-state index is -5.08. The minimum absolute atomic E-state index is 0.161. The molecule has 0 unspecified atom stereocenters. The molecular weight excluding hydrogens is 255 g/mol. The van der Waals surface area contributed by atoms with E-state index in [-0.39, 0.29) is 11.2 Å². The van der Waals surface area contributed by atoms with Gasteiger partial charge in [0.05, 0.1) is 12.5 Å². The maximum atomic E-state index is 11.1. The molecule has 6 nitrogen and oxygen atoms in total. The fourth-order valence-corrected chi connectivity index (χ4v) is 0.737. The second-order valence-electron chi connectivity index (χ2n) is 2.90. The summed E-state index contributed by atoms with van der Waals surface area (Å²) in [7, 11) is 0. The first-order valence-electron chi connectivity index (χ1n) is 4.41. The lowest BCUT2D eigenvalue weighted by Gasteiger charge is -1.99. The fraction of sp³-hybridized carbons (Fsp3) is 0.222. The van der Waals surface area contributed by atoms with Crippen LogP contribution in [0.4, 0.5) is 18.9 Å². The van der Waals surface area contributed by atoms with E-state index in [1.165, 1.54) is 17.1 Å². The molecule has 0 amide bonds. The molecule has 0 radical (unpaired) electrons. The lowest BCUT2D eigenvalue weighted by Crippen LogP contribution is -2.22. The van der Waals surface area contributed by atoms with E-state index in [1.807, 2.05) is 0 Å². The second-order valence-corrected chi connectivity index (χ2v) is 2.90. The van der Waals surface area contributed by atoms with Crippen molar-refractivity contribution in [2.24, 2.45) is 0 Å². The number of halogens is 3. The molecule has 3 N–H and O–H groups in total. The van der Waals surface area contributed by atoms with Crippen LogP contribution in [0.5, 0.6) is 0 Å². The van der Waals surface area contributed by atoms with Gasteiger partial charge in [-0.15, -0.1) is 6.58 Å². The van der Waals surface area contributed by atoms with Crippen LogP contribution in [-0.2, 0) is 11.3 Å². The van der Waals surface area contributed by atoms with Crippen molar-refractivity contribution >= 4 is 11.7 Å². The summed E-state index contributed by atoms with van der Waals surface area (Å²) < 4.78 is 33.1. The van der Waals surface area contributed by atoms with E-state index in [1.54, 1.807) is 6.08 Å². The number of rotatable bonds is 2. The Morgan fingerprint density at radius 1 is 1.61 bits per heavy atom. The number of alkyl halides is 3. The number of allylic oxidation sites excluding steroid dienone is 1. The summed E-state index contributed by atoms with van der Waals surface area (Å²) in [6.07, 6.45) is -0.704. The van der Waals surface area contributed by atoms with Crippen LogP contribution in [0.2, 0.25) is 0 Å². The standard InChI is InChI=1S/C7H9N3O.C2HF3O2/c1-2-3-10-5-9-4-6(8)7(10)11;3-2(4,5)1(6)7/h2,4-5H,1,3,8H2;(H,6,7). The number of aliphatic carboxylic acids is 1. The monoisotopic (exact) mass is 265 g/mol. The number of nitrogen functional groups attached to an aromatic ring is 1. The van der Waals surface area contributed by atoms with Crippen molar-refractivity contribution < 1.29 is 23.1 Å². The molecule has 9 heteroatoms. The van der Waals surface area contributed by atoms with Gasteiger partial charge < -0.3 is 10.8 Å². The third-order valence-corrected chi connectivity index (χ3v) is 1.50. The molecule has 1 aromatic rings. The highest BCUT2D eigenvalue weighted by Crippen LogP contribution is 2.13. The first kappa shape index (κ1) is 15.7. The van der Waals surface area contributed by atoms with Gasteiger partial charge in [0.2, 0.25) is 0 Å². The van der Waals surface area contributed by atoms with Gasteiger partial charge in [-0.05, 0) is 0 Å². The van der Waals surface area contributed by atoms with Crippen LogP contribution in [0.3, 0.4) is 0 Å². The fourth-order valence-electron chi connectivity index (χ4n) is 0.737. The van der Waals surface area contributed by atoms with Crippen molar-refractivity contribution in [1.82, 2.24) is 9.55 Å². The molecule has 1 heterocycles. The van der Waals surface area contributed by atoms with Crippen LogP contribution in [0.15, 0.2) is 30.0 Å². The maximum Gasteiger partial charge on any atom is 0.490 e. The zero-order valence-corrected chi connectivity index (χ0v) is 9.02. The Kier molecular flexibility index (Phi) is 5.60. The molecule has 1 aromatic heterocycles. The number of nitrogens with zero attached hydrogens (tertiary/aromatic N) is 2. The van der Waals surface area contributed by atoms with E-state index in [2.05, 4.69) is 11.6 Å². The third-order valence-electron chi connectivity index (χ3n) is 1.50. The largest absolute Gasteiger partial charge is 0.490 e. The Bertz CT molecular complexity index is 482. The van der Waals surface area contributed by atoms with Crippen molar-refractivity contribution in [2.75, 3.05) is 5.73 Å². The molecule has 0 saturated carbocycles. The Labute approximate surface area is 99.2 Å². The summed E-state index contributed by atoms with van der Waals surface area (Å²) in [6, 6.07) is 0. The summed E-state index contributed by atoms with van der Waals surface area (Å²) in [5, 5.41) is 7.12. The van der Waals surface area contributed by atoms with Crippen LogP contribution in [-0.4, -0.2) is 26.8 Å². The third kappa shape index (κ3) is 5.14. The molecule has 0 aliphatic rings. The average Bonchev–Trinajstić information content (AvgIpc) is 2.24. The van der Waals surface area contributed by atoms with Crippen LogP contribution >= 0.6 is 0 Å². The van der Waals surface area contributed by atoms with Gasteiger partial charge in [-0.3, -0.25) is 9.36 Å². The Balaban J connectivity index is 0.000000360. The minimum Gasteiger partial charge on any atom is -0.475 e. The summed E-state index contributed by atoms with van der Waals surface area (Å²) in [6.45, 7) is 3.94. The number of hydrogen-bond acceptors (Lipinski definition) is 4. The average molecular weight is 265 g/mol. The molecule has 18 heavy (non-hydrogen) atoms. The highest BCUT2D eigenvalue weighted by molar-refractivity contribution is 5.73. The number of carboxylic acid groups (broad SMARTS) is 1. The van der Waals surface area contributed by atoms with E-state index >= 15 is 0 Å². The number of carbonyl (C=O) groups is 1. The van der Waals surface area contributed by atoms with Gasteiger partial charge in [0.25, 0.3) is 5.56 Å². The Morgan fingerprint density at radius 3 is 2.50 bits per heavy atom. The molecule has 0 atom stereocenters. The lowest BCUT2D eigenvalue weighted by atomic mass is 10.5. The van der Waals surface area contributed by atoms with E-state index in [9.17, 15) is 18.0 Å². The molecule has 0 spiro atoms. The summed E-state index contributed by atoms with van der Waals surface area (Å²) in [4.78, 5) is 23.8.